The van der Waals surface area contributed by atoms with Crippen molar-refractivity contribution in [2.24, 2.45) is 0 Å². The molecular weight excluding hydrogens is 280 g/mol. The van der Waals surface area contributed by atoms with Crippen molar-refractivity contribution < 1.29 is 18.3 Å². The van der Waals surface area contributed by atoms with E-state index in [2.05, 4.69) is 0 Å². The Bertz CT molecular complexity index is 691. The molecule has 1 N–H and O–H groups in total. The van der Waals surface area contributed by atoms with Gasteiger partial charge < -0.3 is 5.11 Å². The molecule has 1 aliphatic heterocycles. The van der Waals surface area contributed by atoms with Crippen LogP contribution in [-0.2, 0) is 14.8 Å². The Labute approximate surface area is 117 Å². The summed E-state index contributed by atoms with van der Waals surface area (Å²) in [5.74, 6) is -1.14. The highest BCUT2D eigenvalue weighted by molar-refractivity contribution is 7.89. The van der Waals surface area contributed by atoms with Crippen LogP contribution in [0.5, 0.6) is 0 Å². The van der Waals surface area contributed by atoms with E-state index in [0.29, 0.717) is 18.4 Å². The lowest BCUT2D eigenvalue weighted by Gasteiger charge is -2.22. The maximum Gasteiger partial charge on any atom is 0.322 e. The number of rotatable bonds is 3. The quantitative estimate of drug-likeness (QED) is 0.900. The van der Waals surface area contributed by atoms with Crippen LogP contribution in [0, 0.1) is 18.3 Å². The molecule has 0 aromatic heterocycles. The third-order valence-electron chi connectivity index (χ3n) is 3.39. The van der Waals surface area contributed by atoms with Crippen molar-refractivity contribution >= 4 is 16.0 Å². The standard InChI is InChI=1S/C13H14N2O4S/c1-9-4-5-10(8-14)7-12(9)20(18,19)15-6-2-3-11(15)13(16)17/h4-5,7,11H,2-3,6H2,1H3,(H,16,17)/t11-/m1/s1. The molecule has 1 aromatic rings. The van der Waals surface area contributed by atoms with Crippen molar-refractivity contribution in [3.8, 4) is 6.07 Å². The maximum atomic E-state index is 12.6. The summed E-state index contributed by atoms with van der Waals surface area (Å²) in [6.45, 7) is 1.81. The van der Waals surface area contributed by atoms with Gasteiger partial charge in [-0.25, -0.2) is 8.42 Å². The van der Waals surface area contributed by atoms with E-state index in [9.17, 15) is 13.2 Å². The zero-order valence-corrected chi connectivity index (χ0v) is 11.7. The lowest BCUT2D eigenvalue weighted by atomic mass is 10.2. The molecule has 0 aliphatic carbocycles. The SMILES string of the molecule is Cc1ccc(C#N)cc1S(=O)(=O)N1CCC[C@@H]1C(=O)O. The lowest BCUT2D eigenvalue weighted by molar-refractivity contribution is -0.140. The first kappa shape index (κ1) is 14.5. The second-order valence-corrected chi connectivity index (χ2v) is 6.56. The Morgan fingerprint density at radius 3 is 2.80 bits per heavy atom. The van der Waals surface area contributed by atoms with Gasteiger partial charge in [-0.3, -0.25) is 4.79 Å². The van der Waals surface area contributed by atoms with E-state index in [0.717, 1.165) is 4.31 Å². The lowest BCUT2D eigenvalue weighted by Crippen LogP contribution is -2.40. The van der Waals surface area contributed by atoms with Gasteiger partial charge in [0.05, 0.1) is 16.5 Å². The number of carbonyl (C=O) groups is 1. The molecule has 20 heavy (non-hydrogen) atoms. The Morgan fingerprint density at radius 1 is 1.50 bits per heavy atom. The average Bonchev–Trinajstić information content (AvgIpc) is 2.89. The Morgan fingerprint density at radius 2 is 2.20 bits per heavy atom. The number of aliphatic carboxylic acids is 1. The molecule has 0 bridgehead atoms. The number of nitrogens with zero attached hydrogens (tertiary/aromatic N) is 2. The molecule has 1 fully saturated rings. The van der Waals surface area contributed by atoms with Crippen molar-refractivity contribution in [2.75, 3.05) is 6.54 Å². The molecule has 1 aromatic carbocycles. The van der Waals surface area contributed by atoms with Crippen molar-refractivity contribution in [3.05, 3.63) is 29.3 Å². The van der Waals surface area contributed by atoms with E-state index in [4.69, 9.17) is 10.4 Å². The van der Waals surface area contributed by atoms with Crippen LogP contribution in [0.2, 0.25) is 0 Å². The highest BCUT2D eigenvalue weighted by atomic mass is 32.2. The molecule has 0 saturated carbocycles. The summed E-state index contributed by atoms with van der Waals surface area (Å²) in [5, 5.41) is 18.0. The molecule has 1 saturated heterocycles. The third-order valence-corrected chi connectivity index (χ3v) is 5.44. The first-order valence-corrected chi connectivity index (χ1v) is 7.57. The summed E-state index contributed by atoms with van der Waals surface area (Å²) >= 11 is 0. The Balaban J connectivity index is 2.51. The van der Waals surface area contributed by atoms with Gasteiger partial charge in [-0.05, 0) is 37.5 Å². The van der Waals surface area contributed by atoms with Crippen molar-refractivity contribution in [1.29, 1.82) is 5.26 Å². The first-order chi connectivity index (χ1) is 9.37. The first-order valence-electron chi connectivity index (χ1n) is 6.13. The summed E-state index contributed by atoms with van der Waals surface area (Å²) in [6, 6.07) is 5.25. The van der Waals surface area contributed by atoms with Crippen LogP contribution in [0.15, 0.2) is 23.1 Å². The fraction of sp³-hybridized carbons (Fsp3) is 0.385. The van der Waals surface area contributed by atoms with Gasteiger partial charge in [0, 0.05) is 6.54 Å². The Kier molecular flexibility index (Phi) is 3.79. The monoisotopic (exact) mass is 294 g/mol. The number of hydrogen-bond donors (Lipinski definition) is 1. The van der Waals surface area contributed by atoms with Crippen molar-refractivity contribution in [3.63, 3.8) is 0 Å². The Hall–Kier alpha value is -1.91. The molecule has 106 valence electrons. The smallest absolute Gasteiger partial charge is 0.322 e. The normalized spacial score (nSPS) is 19.7. The second kappa shape index (κ2) is 5.23. The number of benzene rings is 1. The molecule has 0 spiro atoms. The molecule has 1 atom stereocenters. The van der Waals surface area contributed by atoms with Crippen LogP contribution in [0.3, 0.4) is 0 Å². The third kappa shape index (κ3) is 2.40. The molecule has 7 heteroatoms. The highest BCUT2D eigenvalue weighted by Gasteiger charge is 2.40. The second-order valence-electron chi connectivity index (χ2n) is 4.70. The zero-order chi connectivity index (χ0) is 14.9. The number of carboxylic acids is 1. The predicted octanol–water partition coefficient (Wildman–Crippen LogP) is 1.10. The van der Waals surface area contributed by atoms with Crippen LogP contribution in [0.1, 0.15) is 24.0 Å². The number of nitriles is 1. The number of aryl methyl sites for hydroxylation is 1. The molecule has 0 radical (unpaired) electrons. The molecule has 6 nitrogen and oxygen atoms in total. The van der Waals surface area contributed by atoms with Gasteiger partial charge in [-0.2, -0.15) is 9.57 Å². The molecular formula is C13H14N2O4S. The predicted molar refractivity (Wildman–Crippen MR) is 70.4 cm³/mol. The molecule has 1 aliphatic rings. The van der Waals surface area contributed by atoms with Crippen molar-refractivity contribution in [1.82, 2.24) is 4.31 Å². The van der Waals surface area contributed by atoms with Crippen LogP contribution in [0.25, 0.3) is 0 Å². The minimum absolute atomic E-state index is 0.00435. The van der Waals surface area contributed by atoms with E-state index < -0.39 is 22.0 Å². The summed E-state index contributed by atoms with van der Waals surface area (Å²) in [4.78, 5) is 11.1. The van der Waals surface area contributed by atoms with Crippen molar-refractivity contribution in [2.45, 2.75) is 30.7 Å². The van der Waals surface area contributed by atoms with E-state index >= 15 is 0 Å². The fourth-order valence-corrected chi connectivity index (χ4v) is 4.25. The zero-order valence-electron chi connectivity index (χ0n) is 10.9. The van der Waals surface area contributed by atoms with Gasteiger partial charge in [0.1, 0.15) is 6.04 Å². The minimum atomic E-state index is -3.89. The number of sulfonamides is 1. The molecule has 0 amide bonds. The minimum Gasteiger partial charge on any atom is -0.480 e. The van der Waals surface area contributed by atoms with E-state index in [-0.39, 0.29) is 17.0 Å². The van der Waals surface area contributed by atoms with Gasteiger partial charge in [-0.1, -0.05) is 6.07 Å². The van der Waals surface area contributed by atoms with E-state index in [1.54, 1.807) is 13.0 Å². The topological polar surface area (TPSA) is 98.5 Å². The molecule has 1 heterocycles. The summed E-state index contributed by atoms with van der Waals surface area (Å²) < 4.78 is 26.2. The van der Waals surface area contributed by atoms with Gasteiger partial charge in [-0.15, -0.1) is 0 Å². The summed E-state index contributed by atoms with van der Waals surface area (Å²) in [5.41, 5.74) is 0.736. The van der Waals surface area contributed by atoms with Gasteiger partial charge in [0.15, 0.2) is 0 Å². The molecule has 0 unspecified atom stereocenters. The molecule has 2 rings (SSSR count). The summed E-state index contributed by atoms with van der Waals surface area (Å²) in [7, 11) is -3.89. The van der Waals surface area contributed by atoms with E-state index in [1.165, 1.54) is 12.1 Å². The summed E-state index contributed by atoms with van der Waals surface area (Å²) in [6.07, 6.45) is 0.832. The van der Waals surface area contributed by atoms with Crippen LogP contribution >= 0.6 is 0 Å². The fourth-order valence-electron chi connectivity index (χ4n) is 2.35. The number of hydrogen-bond acceptors (Lipinski definition) is 4. The highest BCUT2D eigenvalue weighted by Crippen LogP contribution is 2.28. The van der Waals surface area contributed by atoms with Gasteiger partial charge >= 0.3 is 5.97 Å². The van der Waals surface area contributed by atoms with Gasteiger partial charge in [0.2, 0.25) is 10.0 Å². The van der Waals surface area contributed by atoms with Crippen LogP contribution < -0.4 is 0 Å². The average molecular weight is 294 g/mol. The van der Waals surface area contributed by atoms with Gasteiger partial charge in [0.25, 0.3) is 0 Å². The van der Waals surface area contributed by atoms with E-state index in [1.807, 2.05) is 6.07 Å². The number of carboxylic acid groups (broad SMARTS) is 1. The van der Waals surface area contributed by atoms with Crippen LogP contribution in [0.4, 0.5) is 0 Å². The maximum absolute atomic E-state index is 12.6. The van der Waals surface area contributed by atoms with Crippen LogP contribution in [-0.4, -0.2) is 36.4 Å². The largest absolute Gasteiger partial charge is 0.480 e.